The van der Waals surface area contributed by atoms with E-state index in [0.29, 0.717) is 0 Å². The van der Waals surface area contributed by atoms with Crippen molar-refractivity contribution in [1.82, 2.24) is 9.78 Å². The predicted molar refractivity (Wildman–Crippen MR) is 251 cm³/mol. The summed E-state index contributed by atoms with van der Waals surface area (Å²) in [6.45, 7) is 15.5. The molecule has 0 N–H and O–H groups in total. The molecule has 3 aliphatic heterocycles. The summed E-state index contributed by atoms with van der Waals surface area (Å²) in [5.41, 5.74) is 18.4. The number of fused-ring (bicyclic) bond motifs is 7. The van der Waals surface area contributed by atoms with Crippen LogP contribution in [0.4, 0.5) is 34.1 Å². The molecule has 0 bridgehead atoms. The van der Waals surface area contributed by atoms with Crippen molar-refractivity contribution in [3.05, 3.63) is 196 Å². The zero-order chi connectivity index (χ0) is 41.1. The molecule has 0 unspecified atom stereocenters. The summed E-state index contributed by atoms with van der Waals surface area (Å²) in [6.07, 6.45) is 0. The van der Waals surface area contributed by atoms with Crippen molar-refractivity contribution in [2.45, 2.75) is 79.0 Å². The van der Waals surface area contributed by atoms with Crippen LogP contribution in [0.1, 0.15) is 65.4 Å². The third-order valence-electron chi connectivity index (χ3n) is 12.3. The van der Waals surface area contributed by atoms with E-state index in [1.54, 1.807) is 0 Å². The van der Waals surface area contributed by atoms with E-state index in [-0.39, 0.29) is 5.41 Å². The second kappa shape index (κ2) is 13.5. The molecule has 294 valence electrons. The van der Waals surface area contributed by atoms with E-state index in [0.717, 1.165) is 22.8 Å². The van der Waals surface area contributed by atoms with Gasteiger partial charge >= 0.3 is 0 Å². The zero-order valence-electron chi connectivity index (χ0n) is 35.0. The zero-order valence-corrected chi connectivity index (χ0v) is 36.7. The maximum atomic E-state index is 5.55. The molecule has 0 fully saturated rings. The average Bonchev–Trinajstić information content (AvgIpc) is 3.80. The van der Waals surface area contributed by atoms with Gasteiger partial charge in [0.2, 0.25) is 0 Å². The average molecular weight is 815 g/mol. The molecule has 7 aromatic carbocycles. The van der Waals surface area contributed by atoms with Crippen LogP contribution in [0.15, 0.2) is 171 Å². The molecule has 4 nitrogen and oxygen atoms in total. The fraction of sp³-hybridized carbons (Fsp3) is 0.167. The molecule has 60 heavy (non-hydrogen) atoms. The summed E-state index contributed by atoms with van der Waals surface area (Å²) in [5, 5.41) is 5.55. The number of benzene rings is 7. The van der Waals surface area contributed by atoms with Gasteiger partial charge in [-0.1, -0.05) is 117 Å². The van der Waals surface area contributed by atoms with Crippen molar-refractivity contribution in [2.24, 2.45) is 0 Å². The molecule has 0 amide bonds. The van der Waals surface area contributed by atoms with Crippen molar-refractivity contribution < 1.29 is 0 Å². The molecule has 0 saturated heterocycles. The van der Waals surface area contributed by atoms with Crippen LogP contribution in [0, 0.1) is 27.7 Å². The molecule has 0 atom stereocenters. The van der Waals surface area contributed by atoms with Crippen molar-refractivity contribution in [2.75, 3.05) is 9.80 Å². The molecule has 3 aliphatic rings. The van der Waals surface area contributed by atoms with Crippen LogP contribution in [0.3, 0.4) is 0 Å². The van der Waals surface area contributed by atoms with Gasteiger partial charge in [-0.2, -0.15) is 5.10 Å². The van der Waals surface area contributed by atoms with Gasteiger partial charge in [0.25, 0.3) is 0 Å². The largest absolute Gasteiger partial charge is 0.308 e. The predicted octanol–water partition coefficient (Wildman–Crippen LogP) is 15.1. The summed E-state index contributed by atoms with van der Waals surface area (Å²) >= 11 is 3.73. The lowest BCUT2D eigenvalue weighted by atomic mass is 9.77. The van der Waals surface area contributed by atoms with Crippen molar-refractivity contribution >= 4 is 57.6 Å². The highest BCUT2D eigenvalue weighted by atomic mass is 32.2. The van der Waals surface area contributed by atoms with Gasteiger partial charge in [0.05, 0.1) is 34.1 Å². The van der Waals surface area contributed by atoms with Gasteiger partial charge in [0.1, 0.15) is 5.54 Å². The first kappa shape index (κ1) is 37.1. The highest BCUT2D eigenvalue weighted by molar-refractivity contribution is 8.00. The number of aryl methyl sites for hydroxylation is 4. The molecule has 0 aliphatic carbocycles. The van der Waals surface area contributed by atoms with E-state index in [2.05, 4.69) is 215 Å². The first-order valence-electron chi connectivity index (χ1n) is 20.8. The third kappa shape index (κ3) is 5.64. The van der Waals surface area contributed by atoms with Crippen LogP contribution >= 0.6 is 23.5 Å². The van der Waals surface area contributed by atoms with Crippen LogP contribution in [0.25, 0.3) is 11.3 Å². The molecular formula is C54H46N4S2. The standard InChI is InChI=1S/C54H46N4S2/c1-33-12-24-43-48(28-33)59-49-29-34(2)13-25-44(49)56(43)39-20-16-37(17-21-39)54(42-11-9-8-10-41(42)47-32-52(53(5,6)7)55-58(47)54)38-18-22-40(23-19-38)57-45-26-14-35(3)30-50(45)60-51-31-36(4)15-27-46(51)57/h8-32H,1-7H3. The quantitative estimate of drug-likeness (QED) is 0.176. The summed E-state index contributed by atoms with van der Waals surface area (Å²) < 4.78 is 2.32. The van der Waals surface area contributed by atoms with Crippen LogP contribution in [0.5, 0.6) is 0 Å². The summed E-state index contributed by atoms with van der Waals surface area (Å²) in [4.78, 5) is 9.96. The minimum Gasteiger partial charge on any atom is -0.308 e. The van der Waals surface area contributed by atoms with E-state index in [1.165, 1.54) is 86.8 Å². The molecule has 0 saturated carbocycles. The fourth-order valence-corrected chi connectivity index (χ4v) is 11.9. The Morgan fingerprint density at radius 3 is 1.27 bits per heavy atom. The molecular weight excluding hydrogens is 769 g/mol. The Labute approximate surface area is 361 Å². The number of nitrogens with zero attached hydrogens (tertiary/aromatic N) is 4. The van der Waals surface area contributed by atoms with E-state index in [1.807, 2.05) is 23.5 Å². The number of anilines is 6. The maximum Gasteiger partial charge on any atom is 0.139 e. The number of hydrogen-bond acceptors (Lipinski definition) is 5. The van der Waals surface area contributed by atoms with Crippen molar-refractivity contribution in [1.29, 1.82) is 0 Å². The molecule has 0 radical (unpaired) electrons. The lowest BCUT2D eigenvalue weighted by Gasteiger charge is -2.36. The van der Waals surface area contributed by atoms with Gasteiger partial charge in [-0.25, -0.2) is 4.68 Å². The van der Waals surface area contributed by atoms with Gasteiger partial charge in [0.15, 0.2) is 0 Å². The van der Waals surface area contributed by atoms with Crippen LogP contribution in [-0.4, -0.2) is 9.78 Å². The Kier molecular flexibility index (Phi) is 8.36. The van der Waals surface area contributed by atoms with Gasteiger partial charge in [-0.05, 0) is 146 Å². The SMILES string of the molecule is Cc1ccc2c(c1)Sc1cc(C)ccc1N2c1ccc(C2(c3ccc(N4c5ccc(C)cc5Sc5cc(C)ccc54)cc3)c3ccccc3-c3cc(C(C)(C)C)nn32)cc1. The van der Waals surface area contributed by atoms with Crippen LogP contribution in [-0.2, 0) is 11.0 Å². The van der Waals surface area contributed by atoms with E-state index < -0.39 is 5.54 Å². The minimum atomic E-state index is -0.712. The van der Waals surface area contributed by atoms with Crippen molar-refractivity contribution in [3.8, 4) is 11.3 Å². The number of hydrogen-bond donors (Lipinski definition) is 0. The molecule has 11 rings (SSSR count). The lowest BCUT2D eigenvalue weighted by molar-refractivity contribution is 0.461. The molecule has 4 heterocycles. The van der Waals surface area contributed by atoms with E-state index in [9.17, 15) is 0 Å². The Morgan fingerprint density at radius 1 is 0.467 bits per heavy atom. The Balaban J connectivity index is 1.10. The van der Waals surface area contributed by atoms with E-state index in [4.69, 9.17) is 5.10 Å². The second-order valence-corrected chi connectivity index (χ2v) is 19.9. The number of aromatic nitrogens is 2. The number of rotatable bonds is 4. The first-order valence-corrected chi connectivity index (χ1v) is 22.4. The highest BCUT2D eigenvalue weighted by Gasteiger charge is 2.48. The van der Waals surface area contributed by atoms with Gasteiger partial charge in [-0.3, -0.25) is 0 Å². The van der Waals surface area contributed by atoms with Crippen LogP contribution in [0.2, 0.25) is 0 Å². The Morgan fingerprint density at radius 2 is 0.867 bits per heavy atom. The minimum absolute atomic E-state index is 0.126. The first-order chi connectivity index (χ1) is 29.0. The maximum absolute atomic E-state index is 5.55. The van der Waals surface area contributed by atoms with Crippen LogP contribution < -0.4 is 9.80 Å². The smallest absolute Gasteiger partial charge is 0.139 e. The van der Waals surface area contributed by atoms with Gasteiger partial charge in [-0.15, -0.1) is 0 Å². The molecule has 1 aromatic heterocycles. The normalized spacial score (nSPS) is 14.5. The van der Waals surface area contributed by atoms with Gasteiger partial charge < -0.3 is 9.80 Å². The highest BCUT2D eigenvalue weighted by Crippen LogP contribution is 2.56. The summed E-state index contributed by atoms with van der Waals surface area (Å²) in [6, 6.07) is 57.1. The fourth-order valence-electron chi connectivity index (χ4n) is 9.36. The van der Waals surface area contributed by atoms with Gasteiger partial charge in [0, 0.05) is 41.9 Å². The third-order valence-corrected chi connectivity index (χ3v) is 14.5. The monoisotopic (exact) mass is 814 g/mol. The topological polar surface area (TPSA) is 24.3 Å². The Hall–Kier alpha value is -5.95. The second-order valence-electron chi connectivity index (χ2n) is 17.7. The summed E-state index contributed by atoms with van der Waals surface area (Å²) in [7, 11) is 0. The van der Waals surface area contributed by atoms with E-state index >= 15 is 0 Å². The Bertz CT molecular complexity index is 2770. The molecule has 8 aromatic rings. The lowest BCUT2D eigenvalue weighted by Crippen LogP contribution is -2.36. The molecule has 0 spiro atoms. The summed E-state index contributed by atoms with van der Waals surface area (Å²) in [5.74, 6) is 0. The molecule has 6 heteroatoms. The van der Waals surface area contributed by atoms with Crippen molar-refractivity contribution in [3.63, 3.8) is 0 Å².